The van der Waals surface area contributed by atoms with Gasteiger partial charge in [-0.25, -0.2) is 9.59 Å². The van der Waals surface area contributed by atoms with Crippen molar-refractivity contribution >= 4 is 17.7 Å². The highest BCUT2D eigenvalue weighted by Gasteiger charge is 2.30. The SMILES string of the molecule is CN1CCOc2cc(CC(NC(=O)OCC3c4ccccc4-c4ccccc43)C(=O)O)ccc21. The van der Waals surface area contributed by atoms with Crippen LogP contribution in [-0.2, 0) is 16.0 Å². The fraction of sp³-hybridized carbons (Fsp3) is 0.259. The normalized spacial score (nSPS) is 14.9. The Kier molecular flexibility index (Phi) is 5.84. The predicted octanol–water partition coefficient (Wildman–Crippen LogP) is 4.05. The average Bonchev–Trinajstić information content (AvgIpc) is 3.16. The largest absolute Gasteiger partial charge is 0.490 e. The smallest absolute Gasteiger partial charge is 0.407 e. The number of fused-ring (bicyclic) bond motifs is 4. The second-order valence-electron chi connectivity index (χ2n) is 8.64. The van der Waals surface area contributed by atoms with E-state index in [9.17, 15) is 14.7 Å². The molecule has 0 saturated heterocycles. The highest BCUT2D eigenvalue weighted by Crippen LogP contribution is 2.44. The van der Waals surface area contributed by atoms with Gasteiger partial charge >= 0.3 is 12.1 Å². The lowest BCUT2D eigenvalue weighted by Crippen LogP contribution is -2.43. The molecule has 1 aliphatic heterocycles. The number of rotatable bonds is 6. The number of benzene rings is 3. The number of alkyl carbamates (subject to hydrolysis) is 1. The highest BCUT2D eigenvalue weighted by atomic mass is 16.5. The Hall–Kier alpha value is -4.00. The Morgan fingerprint density at radius 1 is 1.09 bits per heavy atom. The van der Waals surface area contributed by atoms with Gasteiger partial charge in [-0.15, -0.1) is 0 Å². The van der Waals surface area contributed by atoms with Crippen LogP contribution in [0.1, 0.15) is 22.6 Å². The first kappa shape index (κ1) is 21.8. The van der Waals surface area contributed by atoms with Gasteiger partial charge in [-0.2, -0.15) is 0 Å². The lowest BCUT2D eigenvalue weighted by Gasteiger charge is -2.28. The van der Waals surface area contributed by atoms with Gasteiger partial charge in [-0.3, -0.25) is 0 Å². The molecule has 7 nitrogen and oxygen atoms in total. The fourth-order valence-corrected chi connectivity index (χ4v) is 4.75. The first-order valence-corrected chi connectivity index (χ1v) is 11.3. The Bertz CT molecular complexity index is 1200. The first-order valence-electron chi connectivity index (χ1n) is 11.3. The summed E-state index contributed by atoms with van der Waals surface area (Å²) < 4.78 is 11.2. The molecule has 5 rings (SSSR count). The van der Waals surface area contributed by atoms with E-state index in [1.165, 1.54) is 0 Å². The van der Waals surface area contributed by atoms with Crippen molar-refractivity contribution in [3.8, 4) is 16.9 Å². The maximum Gasteiger partial charge on any atom is 0.407 e. The van der Waals surface area contributed by atoms with Crippen LogP contribution >= 0.6 is 0 Å². The molecule has 0 radical (unpaired) electrons. The van der Waals surface area contributed by atoms with E-state index in [1.54, 1.807) is 0 Å². The lowest BCUT2D eigenvalue weighted by molar-refractivity contribution is -0.139. The van der Waals surface area contributed by atoms with Crippen LogP contribution in [0.15, 0.2) is 66.7 Å². The average molecular weight is 459 g/mol. The number of carbonyl (C=O) groups excluding carboxylic acids is 1. The molecule has 2 N–H and O–H groups in total. The van der Waals surface area contributed by atoms with Crippen LogP contribution in [0.2, 0.25) is 0 Å². The zero-order chi connectivity index (χ0) is 23.7. The van der Waals surface area contributed by atoms with E-state index in [2.05, 4.69) is 22.3 Å². The van der Waals surface area contributed by atoms with Gasteiger partial charge in [0.2, 0.25) is 0 Å². The molecule has 1 heterocycles. The second-order valence-corrected chi connectivity index (χ2v) is 8.64. The molecule has 0 spiro atoms. The number of hydrogen-bond donors (Lipinski definition) is 2. The Morgan fingerprint density at radius 3 is 2.44 bits per heavy atom. The molecular formula is C27H26N2O5. The maximum absolute atomic E-state index is 12.6. The standard InChI is InChI=1S/C27H26N2O5/c1-29-12-13-33-25-15-17(10-11-24(25)29)14-23(26(30)31)28-27(32)34-16-22-20-8-4-2-6-18(20)19-7-3-5-9-21(19)22/h2-11,15,22-23H,12-14,16H2,1H3,(H,28,32)(H,30,31). The molecule has 1 atom stereocenters. The summed E-state index contributed by atoms with van der Waals surface area (Å²) in [4.78, 5) is 26.5. The molecule has 3 aromatic carbocycles. The number of hydrogen-bond acceptors (Lipinski definition) is 5. The Balaban J connectivity index is 1.25. The van der Waals surface area contributed by atoms with Gasteiger partial charge in [0, 0.05) is 19.4 Å². The number of ether oxygens (including phenoxy) is 2. The van der Waals surface area contributed by atoms with Crippen LogP contribution in [0, 0.1) is 0 Å². The van der Waals surface area contributed by atoms with E-state index in [0.717, 1.165) is 45.8 Å². The van der Waals surface area contributed by atoms with Gasteiger partial charge < -0.3 is 24.8 Å². The van der Waals surface area contributed by atoms with Gasteiger partial charge in [0.25, 0.3) is 0 Å². The molecule has 1 amide bonds. The molecule has 0 bridgehead atoms. The van der Waals surface area contributed by atoms with Crippen LogP contribution in [0.25, 0.3) is 11.1 Å². The van der Waals surface area contributed by atoms with Crippen LogP contribution in [0.4, 0.5) is 10.5 Å². The summed E-state index contributed by atoms with van der Waals surface area (Å²) in [5, 5.41) is 12.2. The van der Waals surface area contributed by atoms with Crippen LogP contribution in [-0.4, -0.2) is 50.0 Å². The third kappa shape index (κ3) is 4.17. The van der Waals surface area contributed by atoms with Crippen LogP contribution in [0.3, 0.4) is 0 Å². The minimum absolute atomic E-state index is 0.0868. The molecule has 1 aliphatic carbocycles. The minimum Gasteiger partial charge on any atom is -0.490 e. The molecule has 34 heavy (non-hydrogen) atoms. The number of nitrogens with one attached hydrogen (secondary N) is 1. The summed E-state index contributed by atoms with van der Waals surface area (Å²) in [6.45, 7) is 1.51. The molecule has 0 fully saturated rings. The molecule has 7 heteroatoms. The molecule has 2 aliphatic rings. The van der Waals surface area contributed by atoms with Gasteiger partial charge in [0.1, 0.15) is 25.0 Å². The molecule has 0 saturated carbocycles. The van der Waals surface area contributed by atoms with Gasteiger partial charge in [-0.05, 0) is 39.9 Å². The Labute approximate surface area is 197 Å². The molecular weight excluding hydrogens is 432 g/mol. The van der Waals surface area contributed by atoms with Crippen molar-refractivity contribution in [3.05, 3.63) is 83.4 Å². The van der Waals surface area contributed by atoms with Crippen molar-refractivity contribution in [1.82, 2.24) is 5.32 Å². The zero-order valence-corrected chi connectivity index (χ0v) is 18.9. The summed E-state index contributed by atoms with van der Waals surface area (Å²) in [6, 6.07) is 20.6. The van der Waals surface area contributed by atoms with Crippen LogP contribution in [0.5, 0.6) is 5.75 Å². The van der Waals surface area contributed by atoms with E-state index >= 15 is 0 Å². The van der Waals surface area contributed by atoms with E-state index in [0.29, 0.717) is 6.61 Å². The minimum atomic E-state index is -1.12. The highest BCUT2D eigenvalue weighted by molar-refractivity contribution is 5.81. The predicted molar refractivity (Wildman–Crippen MR) is 129 cm³/mol. The number of carboxylic acid groups (broad SMARTS) is 1. The van der Waals surface area contributed by atoms with E-state index in [4.69, 9.17) is 9.47 Å². The molecule has 174 valence electrons. The summed E-state index contributed by atoms with van der Waals surface area (Å²) in [6.07, 6.45) is -0.622. The number of carboxylic acids is 1. The topological polar surface area (TPSA) is 88.1 Å². The maximum atomic E-state index is 12.6. The second kappa shape index (κ2) is 9.09. The van der Waals surface area contributed by atoms with Crippen molar-refractivity contribution < 1.29 is 24.2 Å². The van der Waals surface area contributed by atoms with E-state index in [1.807, 2.05) is 61.6 Å². The van der Waals surface area contributed by atoms with E-state index in [-0.39, 0.29) is 18.9 Å². The van der Waals surface area contributed by atoms with E-state index < -0.39 is 18.1 Å². The van der Waals surface area contributed by atoms with Gasteiger partial charge in [0.05, 0.1) is 12.2 Å². The number of aliphatic carboxylic acids is 1. The molecule has 3 aromatic rings. The third-order valence-electron chi connectivity index (χ3n) is 6.49. The first-order chi connectivity index (χ1) is 16.5. The van der Waals surface area contributed by atoms with Crippen molar-refractivity contribution in [2.24, 2.45) is 0 Å². The molecule has 1 unspecified atom stereocenters. The van der Waals surface area contributed by atoms with Gasteiger partial charge in [0.15, 0.2) is 0 Å². The van der Waals surface area contributed by atoms with Gasteiger partial charge in [-0.1, -0.05) is 54.6 Å². The van der Waals surface area contributed by atoms with Crippen molar-refractivity contribution in [2.75, 3.05) is 31.7 Å². The number of likely N-dealkylation sites (N-methyl/N-ethyl adjacent to an activating group) is 1. The van der Waals surface area contributed by atoms with Crippen molar-refractivity contribution in [2.45, 2.75) is 18.4 Å². The number of anilines is 1. The third-order valence-corrected chi connectivity index (χ3v) is 6.49. The number of carbonyl (C=O) groups is 2. The van der Waals surface area contributed by atoms with Crippen molar-refractivity contribution in [3.63, 3.8) is 0 Å². The quantitative estimate of drug-likeness (QED) is 0.580. The van der Waals surface area contributed by atoms with Crippen molar-refractivity contribution in [1.29, 1.82) is 0 Å². The Morgan fingerprint density at radius 2 is 1.76 bits per heavy atom. The molecule has 0 aromatic heterocycles. The number of nitrogens with zero attached hydrogens (tertiary/aromatic N) is 1. The summed E-state index contributed by atoms with van der Waals surface area (Å²) >= 11 is 0. The van der Waals surface area contributed by atoms with Crippen LogP contribution < -0.4 is 15.0 Å². The summed E-state index contributed by atoms with van der Waals surface area (Å²) in [5.74, 6) is -0.489. The number of amides is 1. The summed E-state index contributed by atoms with van der Waals surface area (Å²) in [7, 11) is 1.99. The fourth-order valence-electron chi connectivity index (χ4n) is 4.75. The zero-order valence-electron chi connectivity index (χ0n) is 18.9. The monoisotopic (exact) mass is 458 g/mol. The lowest BCUT2D eigenvalue weighted by atomic mass is 9.98. The summed E-state index contributed by atoms with van der Waals surface area (Å²) in [5.41, 5.74) is 6.20.